The molecule has 0 saturated heterocycles. The molecule has 2 atom stereocenters. The fourth-order valence-electron chi connectivity index (χ4n) is 3.16. The van der Waals surface area contributed by atoms with Crippen molar-refractivity contribution in [3.63, 3.8) is 0 Å². The Morgan fingerprint density at radius 2 is 1.78 bits per heavy atom. The van der Waals surface area contributed by atoms with Gasteiger partial charge >= 0.3 is 0 Å². The van der Waals surface area contributed by atoms with Gasteiger partial charge in [-0.3, -0.25) is 9.59 Å². The number of halogens is 2. The van der Waals surface area contributed by atoms with Crippen LogP contribution in [0.2, 0.25) is 10.0 Å². The fourth-order valence-corrected chi connectivity index (χ4v) is 3.61. The first-order valence-corrected chi connectivity index (χ1v) is 12.4. The molecule has 0 bridgehead atoms. The molecular formula is C26H30Cl2N4O5. The Kier molecular flexibility index (Phi) is 12.0. The van der Waals surface area contributed by atoms with Crippen molar-refractivity contribution >= 4 is 41.2 Å². The summed E-state index contributed by atoms with van der Waals surface area (Å²) in [7, 11) is 0. The van der Waals surface area contributed by atoms with Gasteiger partial charge < -0.3 is 19.5 Å². The number of amides is 2. The van der Waals surface area contributed by atoms with E-state index in [4.69, 9.17) is 42.7 Å². The van der Waals surface area contributed by atoms with Gasteiger partial charge in [-0.25, -0.2) is 5.43 Å². The molecule has 2 aromatic carbocycles. The number of carbonyl (C=O) groups is 2. The number of nitriles is 1. The molecule has 0 aliphatic carbocycles. The lowest BCUT2D eigenvalue weighted by Gasteiger charge is -2.22. The Morgan fingerprint density at radius 1 is 1.05 bits per heavy atom. The molecule has 0 radical (unpaired) electrons. The lowest BCUT2D eigenvalue weighted by atomic mass is 10.0. The van der Waals surface area contributed by atoms with Crippen LogP contribution in [0.5, 0.6) is 17.2 Å². The number of nitrogens with one attached hydrogen (secondary N) is 2. The highest BCUT2D eigenvalue weighted by Crippen LogP contribution is 2.29. The molecule has 11 heteroatoms. The minimum atomic E-state index is -0.914. The zero-order valence-electron chi connectivity index (χ0n) is 21.1. The van der Waals surface area contributed by atoms with E-state index in [0.29, 0.717) is 40.9 Å². The molecule has 0 spiro atoms. The smallest absolute Gasteiger partial charge is 0.262 e. The molecule has 0 fully saturated rings. The topological polar surface area (TPSA) is 122 Å². The summed E-state index contributed by atoms with van der Waals surface area (Å²) in [5, 5.41) is 16.2. The summed E-state index contributed by atoms with van der Waals surface area (Å²) >= 11 is 12.0. The van der Waals surface area contributed by atoms with E-state index >= 15 is 0 Å². The van der Waals surface area contributed by atoms with Crippen LogP contribution >= 0.6 is 23.2 Å². The second kappa shape index (κ2) is 14.9. The average Bonchev–Trinajstić information content (AvgIpc) is 2.84. The third-order valence-corrected chi connectivity index (χ3v) is 5.39. The monoisotopic (exact) mass is 548 g/mol. The molecular weight excluding hydrogens is 519 g/mol. The van der Waals surface area contributed by atoms with Crippen LogP contribution in [0.15, 0.2) is 41.5 Å². The van der Waals surface area contributed by atoms with Crippen molar-refractivity contribution < 1.29 is 23.8 Å². The van der Waals surface area contributed by atoms with Crippen molar-refractivity contribution in [2.45, 2.75) is 46.3 Å². The van der Waals surface area contributed by atoms with Crippen LogP contribution in [-0.4, -0.2) is 43.4 Å². The minimum Gasteiger partial charge on any atom is -0.490 e. The zero-order chi connectivity index (χ0) is 27.4. The number of carbonyl (C=O) groups excluding carboxylic acids is 2. The van der Waals surface area contributed by atoms with Gasteiger partial charge in [-0.1, -0.05) is 37.0 Å². The van der Waals surface area contributed by atoms with E-state index in [-0.39, 0.29) is 17.5 Å². The van der Waals surface area contributed by atoms with Crippen molar-refractivity contribution in [1.82, 2.24) is 10.7 Å². The van der Waals surface area contributed by atoms with Crippen molar-refractivity contribution in [2.75, 3.05) is 13.2 Å². The largest absolute Gasteiger partial charge is 0.490 e. The summed E-state index contributed by atoms with van der Waals surface area (Å²) < 4.78 is 16.5. The van der Waals surface area contributed by atoms with E-state index in [1.54, 1.807) is 37.3 Å². The van der Waals surface area contributed by atoms with Crippen LogP contribution in [0.25, 0.3) is 0 Å². The molecule has 9 nitrogen and oxygen atoms in total. The van der Waals surface area contributed by atoms with Gasteiger partial charge in [0.05, 0.1) is 17.8 Å². The summed E-state index contributed by atoms with van der Waals surface area (Å²) in [5.41, 5.74) is 3.11. The quantitative estimate of drug-likeness (QED) is 0.275. The van der Waals surface area contributed by atoms with E-state index in [1.165, 1.54) is 12.3 Å². The number of hydrogen-bond acceptors (Lipinski definition) is 7. The van der Waals surface area contributed by atoms with Crippen molar-refractivity contribution in [3.05, 3.63) is 52.0 Å². The molecule has 37 heavy (non-hydrogen) atoms. The molecule has 0 saturated carbocycles. The molecule has 0 unspecified atom stereocenters. The van der Waals surface area contributed by atoms with Crippen molar-refractivity contribution in [2.24, 2.45) is 11.0 Å². The fraction of sp³-hybridized carbons (Fsp3) is 0.385. The number of benzene rings is 2. The van der Waals surface area contributed by atoms with Crippen LogP contribution in [0.4, 0.5) is 0 Å². The van der Waals surface area contributed by atoms with Crippen LogP contribution in [-0.2, 0) is 9.59 Å². The summed E-state index contributed by atoms with van der Waals surface area (Å²) in [6.45, 7) is 7.56. The summed E-state index contributed by atoms with van der Waals surface area (Å²) in [4.78, 5) is 25.6. The normalized spacial score (nSPS) is 12.5. The lowest BCUT2D eigenvalue weighted by molar-refractivity contribution is -0.132. The SMILES string of the molecule is CCOc1cc(/C=N\NC(=O)[C@H](CC(C)C)NC(=O)[C@@H](C)Oc2ccc(Cl)cc2Cl)ccc1OCC#N. The average molecular weight is 549 g/mol. The lowest BCUT2D eigenvalue weighted by Crippen LogP contribution is -2.49. The molecule has 0 aliphatic rings. The predicted octanol–water partition coefficient (Wildman–Crippen LogP) is 4.74. The van der Waals surface area contributed by atoms with E-state index in [0.717, 1.165) is 0 Å². The van der Waals surface area contributed by atoms with Gasteiger partial charge in [0.1, 0.15) is 17.9 Å². The first kappa shape index (κ1) is 29.7. The molecule has 2 rings (SSSR count). The maximum atomic E-state index is 12.8. The summed E-state index contributed by atoms with van der Waals surface area (Å²) in [6.07, 6.45) is 0.918. The highest BCUT2D eigenvalue weighted by molar-refractivity contribution is 6.35. The van der Waals surface area contributed by atoms with Gasteiger partial charge in [-0.2, -0.15) is 10.4 Å². The molecule has 0 heterocycles. The molecule has 2 N–H and O–H groups in total. The second-order valence-electron chi connectivity index (χ2n) is 8.35. The first-order chi connectivity index (χ1) is 17.6. The molecule has 0 aliphatic heterocycles. The van der Waals surface area contributed by atoms with Crippen LogP contribution in [0, 0.1) is 17.2 Å². The third-order valence-electron chi connectivity index (χ3n) is 4.86. The Bertz CT molecular complexity index is 1150. The highest BCUT2D eigenvalue weighted by Gasteiger charge is 2.25. The second-order valence-corrected chi connectivity index (χ2v) is 9.19. The van der Waals surface area contributed by atoms with E-state index in [2.05, 4.69) is 15.8 Å². The van der Waals surface area contributed by atoms with Gasteiger partial charge in [0, 0.05) is 5.02 Å². The Labute approximate surface area is 226 Å². The summed E-state index contributed by atoms with van der Waals surface area (Å²) in [5.74, 6) is 0.350. The summed E-state index contributed by atoms with van der Waals surface area (Å²) in [6, 6.07) is 10.8. The third kappa shape index (κ3) is 9.83. The van der Waals surface area contributed by atoms with Gasteiger partial charge in [-0.15, -0.1) is 0 Å². The molecule has 0 aromatic heterocycles. The number of hydrogen-bond donors (Lipinski definition) is 2. The zero-order valence-corrected chi connectivity index (χ0v) is 22.6. The standard InChI is InChI=1S/C26H30Cl2N4O5/c1-5-35-24-13-18(6-8-23(24)36-11-10-29)15-30-32-26(34)21(12-16(2)3)31-25(33)17(4)37-22-9-7-19(27)14-20(22)28/h6-9,13-17,21H,5,11-12H2,1-4H3,(H,31,33)(H,32,34)/b30-15-/t17-,21+/m1/s1. The number of nitrogens with zero attached hydrogens (tertiary/aromatic N) is 2. The molecule has 198 valence electrons. The van der Waals surface area contributed by atoms with Gasteiger partial charge in [0.15, 0.2) is 24.2 Å². The van der Waals surface area contributed by atoms with Crippen LogP contribution in [0.3, 0.4) is 0 Å². The number of hydrazone groups is 1. The van der Waals surface area contributed by atoms with E-state index in [1.807, 2.05) is 26.8 Å². The maximum absolute atomic E-state index is 12.8. The Balaban J connectivity index is 2.04. The molecule has 2 aromatic rings. The van der Waals surface area contributed by atoms with E-state index < -0.39 is 24.0 Å². The number of rotatable bonds is 13. The predicted molar refractivity (Wildman–Crippen MR) is 142 cm³/mol. The van der Waals surface area contributed by atoms with Crippen molar-refractivity contribution in [3.8, 4) is 23.3 Å². The van der Waals surface area contributed by atoms with Crippen molar-refractivity contribution in [1.29, 1.82) is 5.26 Å². The van der Waals surface area contributed by atoms with Gasteiger partial charge in [0.25, 0.3) is 11.8 Å². The van der Waals surface area contributed by atoms with Crippen LogP contribution in [0.1, 0.15) is 39.7 Å². The minimum absolute atomic E-state index is 0.108. The van der Waals surface area contributed by atoms with Crippen LogP contribution < -0.4 is 25.0 Å². The number of ether oxygens (including phenoxy) is 3. The Hall–Kier alpha value is -3.48. The highest BCUT2D eigenvalue weighted by atomic mass is 35.5. The van der Waals surface area contributed by atoms with Gasteiger partial charge in [-0.05, 0) is 68.1 Å². The molecule has 2 amide bonds. The first-order valence-electron chi connectivity index (χ1n) is 11.7. The maximum Gasteiger partial charge on any atom is 0.262 e. The Morgan fingerprint density at radius 3 is 2.43 bits per heavy atom. The van der Waals surface area contributed by atoms with Gasteiger partial charge in [0.2, 0.25) is 0 Å². The van der Waals surface area contributed by atoms with E-state index in [9.17, 15) is 9.59 Å².